The van der Waals surface area contributed by atoms with Crippen LogP contribution in [0, 0.1) is 5.92 Å². The van der Waals surface area contributed by atoms with Gasteiger partial charge in [-0.3, -0.25) is 14.2 Å². The summed E-state index contributed by atoms with van der Waals surface area (Å²) in [5.41, 5.74) is 2.58. The van der Waals surface area contributed by atoms with Gasteiger partial charge in [-0.05, 0) is 56.6 Å². The molecular formula is C28H37N5O2. The molecule has 1 fully saturated rings. The van der Waals surface area contributed by atoms with Gasteiger partial charge in [0.15, 0.2) is 5.82 Å². The van der Waals surface area contributed by atoms with Crippen LogP contribution in [0.15, 0.2) is 59.4 Å². The Balaban J connectivity index is 1.50. The van der Waals surface area contributed by atoms with Crippen molar-refractivity contribution in [2.24, 2.45) is 5.92 Å². The number of nitrogens with one attached hydrogen (secondary N) is 1. The lowest BCUT2D eigenvalue weighted by molar-refractivity contribution is -0.125. The third kappa shape index (κ3) is 6.09. The van der Waals surface area contributed by atoms with E-state index in [1.54, 1.807) is 0 Å². The normalized spacial score (nSPS) is 16.1. The third-order valence-corrected chi connectivity index (χ3v) is 6.96. The van der Waals surface area contributed by atoms with Crippen molar-refractivity contribution < 1.29 is 4.79 Å². The number of hydrogen-bond acceptors (Lipinski definition) is 5. The second-order valence-electron chi connectivity index (χ2n) is 9.26. The predicted molar refractivity (Wildman–Crippen MR) is 142 cm³/mol. The monoisotopic (exact) mass is 475 g/mol. The van der Waals surface area contributed by atoms with Crippen molar-refractivity contribution in [3.8, 4) is 0 Å². The Morgan fingerprint density at radius 2 is 1.83 bits per heavy atom. The van der Waals surface area contributed by atoms with Crippen LogP contribution in [0.3, 0.4) is 0 Å². The van der Waals surface area contributed by atoms with Crippen LogP contribution >= 0.6 is 0 Å². The maximum atomic E-state index is 13.6. The molecule has 2 aromatic carbocycles. The molecule has 4 rings (SSSR count). The van der Waals surface area contributed by atoms with Gasteiger partial charge in [0.25, 0.3) is 5.56 Å². The van der Waals surface area contributed by atoms with E-state index in [9.17, 15) is 9.59 Å². The Labute approximate surface area is 207 Å². The summed E-state index contributed by atoms with van der Waals surface area (Å²) < 4.78 is 1.81. The van der Waals surface area contributed by atoms with E-state index in [2.05, 4.69) is 24.1 Å². The van der Waals surface area contributed by atoms with Crippen molar-refractivity contribution in [1.29, 1.82) is 0 Å². The van der Waals surface area contributed by atoms with Gasteiger partial charge in [-0.2, -0.15) is 0 Å². The fourth-order valence-corrected chi connectivity index (χ4v) is 4.89. The molecule has 1 aromatic heterocycles. The largest absolute Gasteiger partial charge is 0.356 e. The van der Waals surface area contributed by atoms with Crippen LogP contribution in [0.4, 0.5) is 5.82 Å². The highest BCUT2D eigenvalue weighted by atomic mass is 16.2. The Kier molecular flexibility index (Phi) is 8.53. The smallest absolute Gasteiger partial charge is 0.294 e. The molecule has 1 aliphatic heterocycles. The van der Waals surface area contributed by atoms with Crippen molar-refractivity contribution >= 4 is 22.8 Å². The van der Waals surface area contributed by atoms with E-state index < -0.39 is 0 Å². The summed E-state index contributed by atoms with van der Waals surface area (Å²) >= 11 is 0. The number of nitrogens with zero attached hydrogens (tertiary/aromatic N) is 4. The lowest BCUT2D eigenvalue weighted by atomic mass is 9.97. The van der Waals surface area contributed by atoms with Crippen LogP contribution in [-0.4, -0.2) is 59.6 Å². The molecule has 0 radical (unpaired) electrons. The van der Waals surface area contributed by atoms with Gasteiger partial charge in [-0.25, -0.2) is 4.98 Å². The van der Waals surface area contributed by atoms with Crippen LogP contribution in [0.5, 0.6) is 0 Å². The van der Waals surface area contributed by atoms with Crippen molar-refractivity contribution in [3.05, 3.63) is 70.5 Å². The Bertz CT molecular complexity index is 1170. The SMILES string of the molecule is CCN(CC)CCCNC(=O)C1CCCN(c2nc3ccccc3n(Cc3ccccc3)c2=O)C1. The molecule has 35 heavy (non-hydrogen) atoms. The van der Waals surface area contributed by atoms with Gasteiger partial charge >= 0.3 is 0 Å². The Morgan fingerprint density at radius 3 is 2.60 bits per heavy atom. The molecule has 1 atom stereocenters. The number of aromatic nitrogens is 2. The zero-order valence-electron chi connectivity index (χ0n) is 20.9. The van der Waals surface area contributed by atoms with Gasteiger partial charge in [0.2, 0.25) is 5.91 Å². The molecule has 1 aliphatic rings. The molecule has 7 nitrogen and oxygen atoms in total. The first-order chi connectivity index (χ1) is 17.1. The summed E-state index contributed by atoms with van der Waals surface area (Å²) in [5.74, 6) is 0.394. The number of para-hydroxylation sites is 2. The van der Waals surface area contributed by atoms with Gasteiger partial charge in [0, 0.05) is 19.6 Å². The van der Waals surface area contributed by atoms with E-state index in [-0.39, 0.29) is 17.4 Å². The average molecular weight is 476 g/mol. The number of carbonyl (C=O) groups excluding carboxylic acids is 1. The molecule has 186 valence electrons. The molecule has 2 heterocycles. The molecule has 1 N–H and O–H groups in total. The number of amides is 1. The molecule has 3 aromatic rings. The average Bonchev–Trinajstić information content (AvgIpc) is 2.90. The molecular weight excluding hydrogens is 438 g/mol. The van der Waals surface area contributed by atoms with Gasteiger partial charge in [-0.15, -0.1) is 0 Å². The minimum Gasteiger partial charge on any atom is -0.356 e. The number of piperidine rings is 1. The van der Waals surface area contributed by atoms with E-state index in [0.717, 1.165) is 62.0 Å². The molecule has 0 bridgehead atoms. The Morgan fingerprint density at radius 1 is 1.09 bits per heavy atom. The summed E-state index contributed by atoms with van der Waals surface area (Å²) in [4.78, 5) is 35.7. The standard InChI is InChI=1S/C28H37N5O2/c1-3-31(4-2)18-11-17-29-27(34)23-14-10-19-32(21-23)26-28(35)33(20-22-12-6-5-7-13-22)25-16-9-8-15-24(25)30-26/h5-9,12-13,15-16,23H,3-4,10-11,14,17-21H2,1-2H3,(H,29,34). The van der Waals surface area contributed by atoms with Crippen LogP contribution < -0.4 is 15.8 Å². The van der Waals surface area contributed by atoms with Crippen LogP contribution in [0.1, 0.15) is 38.7 Å². The first kappa shape index (κ1) is 24.9. The third-order valence-electron chi connectivity index (χ3n) is 6.96. The molecule has 1 amide bonds. The second kappa shape index (κ2) is 12.0. The summed E-state index contributed by atoms with van der Waals surface area (Å²) in [7, 11) is 0. The highest BCUT2D eigenvalue weighted by molar-refractivity contribution is 5.80. The first-order valence-electron chi connectivity index (χ1n) is 12.9. The molecule has 7 heteroatoms. The fourth-order valence-electron chi connectivity index (χ4n) is 4.89. The highest BCUT2D eigenvalue weighted by Gasteiger charge is 2.28. The van der Waals surface area contributed by atoms with E-state index in [1.807, 2.05) is 64.1 Å². The number of rotatable bonds is 10. The molecule has 1 unspecified atom stereocenters. The second-order valence-corrected chi connectivity index (χ2v) is 9.26. The van der Waals surface area contributed by atoms with E-state index in [0.29, 0.717) is 25.5 Å². The summed E-state index contributed by atoms with van der Waals surface area (Å²) in [6.45, 7) is 9.80. The topological polar surface area (TPSA) is 70.5 Å². The van der Waals surface area contributed by atoms with Gasteiger partial charge in [-0.1, -0.05) is 56.3 Å². The van der Waals surface area contributed by atoms with E-state index in [1.165, 1.54) is 0 Å². The van der Waals surface area contributed by atoms with Crippen LogP contribution in [-0.2, 0) is 11.3 Å². The number of carbonyl (C=O) groups is 1. The van der Waals surface area contributed by atoms with Gasteiger partial charge in [0.05, 0.1) is 23.5 Å². The highest BCUT2D eigenvalue weighted by Crippen LogP contribution is 2.22. The maximum absolute atomic E-state index is 13.6. The zero-order chi connectivity index (χ0) is 24.6. The number of fused-ring (bicyclic) bond motifs is 1. The number of hydrogen-bond donors (Lipinski definition) is 1. The quantitative estimate of drug-likeness (QED) is 0.455. The minimum absolute atomic E-state index is 0.0830. The Hall–Kier alpha value is -3.19. The molecule has 0 spiro atoms. The van der Waals surface area contributed by atoms with E-state index >= 15 is 0 Å². The molecule has 0 saturated carbocycles. The molecule has 0 aliphatic carbocycles. The number of benzene rings is 2. The van der Waals surface area contributed by atoms with Gasteiger partial charge in [0.1, 0.15) is 0 Å². The fraction of sp³-hybridized carbons (Fsp3) is 0.464. The minimum atomic E-state index is -0.132. The van der Waals surface area contributed by atoms with Crippen LogP contribution in [0.25, 0.3) is 11.0 Å². The number of anilines is 1. The van der Waals surface area contributed by atoms with Crippen molar-refractivity contribution in [2.45, 2.75) is 39.7 Å². The summed E-state index contributed by atoms with van der Waals surface area (Å²) in [6.07, 6.45) is 2.65. The lowest BCUT2D eigenvalue weighted by Gasteiger charge is -2.33. The van der Waals surface area contributed by atoms with Crippen molar-refractivity contribution in [1.82, 2.24) is 19.8 Å². The zero-order valence-corrected chi connectivity index (χ0v) is 20.9. The van der Waals surface area contributed by atoms with Crippen molar-refractivity contribution in [2.75, 3.05) is 44.2 Å². The lowest BCUT2D eigenvalue weighted by Crippen LogP contribution is -2.46. The van der Waals surface area contributed by atoms with Crippen LogP contribution in [0.2, 0.25) is 0 Å². The van der Waals surface area contributed by atoms with Gasteiger partial charge < -0.3 is 15.1 Å². The molecule has 1 saturated heterocycles. The first-order valence-corrected chi connectivity index (χ1v) is 12.9. The maximum Gasteiger partial charge on any atom is 0.294 e. The summed E-state index contributed by atoms with van der Waals surface area (Å²) in [5, 5.41) is 3.12. The van der Waals surface area contributed by atoms with E-state index in [4.69, 9.17) is 4.98 Å². The van der Waals surface area contributed by atoms with Crippen molar-refractivity contribution in [3.63, 3.8) is 0 Å². The predicted octanol–water partition coefficient (Wildman–Crippen LogP) is 3.51. The summed E-state index contributed by atoms with van der Waals surface area (Å²) in [6, 6.07) is 17.8.